The van der Waals surface area contributed by atoms with Crippen LogP contribution in [-0.4, -0.2) is 27.2 Å². The number of phenolic OH excluding ortho intramolecular Hbond substituents is 1. The lowest BCUT2D eigenvalue weighted by Gasteiger charge is -2.42. The molecule has 10 nitrogen and oxygen atoms in total. The highest BCUT2D eigenvalue weighted by Crippen LogP contribution is 2.51. The summed E-state index contributed by atoms with van der Waals surface area (Å²) in [6.07, 6.45) is 7.59. The number of hydrogen-bond acceptors (Lipinski definition) is 10. The number of aromatic hydroxyl groups is 1. The lowest BCUT2D eigenvalue weighted by Crippen LogP contribution is -2.46. The van der Waals surface area contributed by atoms with E-state index < -0.39 is 6.10 Å². The van der Waals surface area contributed by atoms with Crippen molar-refractivity contribution in [1.82, 2.24) is 9.97 Å². The van der Waals surface area contributed by atoms with Gasteiger partial charge in [0.25, 0.3) is 0 Å². The van der Waals surface area contributed by atoms with E-state index in [1.165, 1.54) is 0 Å². The van der Waals surface area contributed by atoms with Gasteiger partial charge in [0.2, 0.25) is 0 Å². The third-order valence-corrected chi connectivity index (χ3v) is 9.84. The summed E-state index contributed by atoms with van der Waals surface area (Å²) in [5.41, 5.74) is 3.60. The summed E-state index contributed by atoms with van der Waals surface area (Å²) in [5, 5.41) is 36.2. The molecule has 0 radical (unpaired) electrons. The number of rotatable bonds is 9. The molecule has 7 aromatic rings. The van der Waals surface area contributed by atoms with Crippen LogP contribution in [0.1, 0.15) is 11.1 Å². The van der Waals surface area contributed by atoms with Gasteiger partial charge in [-0.05, 0) is 78.9 Å². The molecule has 2 heterocycles. The molecule has 9 rings (SSSR count). The molecule has 1 aliphatic carbocycles. The fourth-order valence-corrected chi connectivity index (χ4v) is 7.23. The number of hydrogen-bond donors (Lipinski definition) is 2. The summed E-state index contributed by atoms with van der Waals surface area (Å²) >= 11 is 0. The van der Waals surface area contributed by atoms with Crippen LogP contribution in [-0.2, 0) is 0 Å². The molecule has 2 unspecified atom stereocenters. The molecule has 2 atom stereocenters. The number of nitrogens with one attached hydrogen (secondary N) is 1. The predicted octanol–water partition coefficient (Wildman–Crippen LogP) is 11.0. The van der Waals surface area contributed by atoms with Crippen LogP contribution in [0.4, 0.5) is 40.1 Å². The number of ether oxygens (including phenoxy) is 2. The molecule has 0 saturated carbocycles. The van der Waals surface area contributed by atoms with Crippen molar-refractivity contribution in [2.24, 2.45) is 0 Å². The maximum Gasteiger partial charge on any atom is 0.167 e. The summed E-state index contributed by atoms with van der Waals surface area (Å²) in [6, 6.07) is 50.5. The van der Waals surface area contributed by atoms with Crippen LogP contribution in [0, 0.1) is 22.7 Å². The third kappa shape index (κ3) is 6.57. The van der Waals surface area contributed by atoms with E-state index in [-0.39, 0.29) is 34.3 Å². The van der Waals surface area contributed by atoms with E-state index in [1.807, 2.05) is 138 Å². The van der Waals surface area contributed by atoms with Gasteiger partial charge < -0.3 is 24.8 Å². The Kier molecular flexibility index (Phi) is 9.40. The van der Waals surface area contributed by atoms with E-state index in [0.717, 1.165) is 5.69 Å². The molecule has 0 amide bonds. The molecule has 2 N–H and O–H groups in total. The normalized spacial score (nSPS) is 14.9. The Morgan fingerprint density at radius 3 is 2.16 bits per heavy atom. The second kappa shape index (κ2) is 15.4. The molecule has 10 heteroatoms. The lowest BCUT2D eigenvalue weighted by molar-refractivity contribution is 0.217. The van der Waals surface area contributed by atoms with Gasteiger partial charge in [0.1, 0.15) is 29.0 Å². The van der Waals surface area contributed by atoms with E-state index in [2.05, 4.69) is 28.4 Å². The minimum Gasteiger partial charge on any atom is -0.506 e. The highest BCUT2D eigenvalue weighted by Gasteiger charge is 2.39. The first-order chi connectivity index (χ1) is 28.6. The Morgan fingerprint density at radius 1 is 0.707 bits per heavy atom. The van der Waals surface area contributed by atoms with Gasteiger partial charge in [-0.2, -0.15) is 10.5 Å². The van der Waals surface area contributed by atoms with E-state index >= 15 is 0 Å². The van der Waals surface area contributed by atoms with Gasteiger partial charge in [-0.1, -0.05) is 97.1 Å². The maximum atomic E-state index is 11.6. The van der Waals surface area contributed by atoms with Gasteiger partial charge in [-0.25, -0.2) is 9.97 Å². The van der Waals surface area contributed by atoms with Crippen molar-refractivity contribution in [1.29, 1.82) is 10.5 Å². The molecule has 1 aliphatic heterocycles. The van der Waals surface area contributed by atoms with Gasteiger partial charge in [-0.15, -0.1) is 0 Å². The topological polar surface area (TPSA) is 131 Å². The number of phenols is 1. The quantitative estimate of drug-likeness (QED) is 0.147. The van der Waals surface area contributed by atoms with Crippen LogP contribution in [0.15, 0.2) is 176 Å². The summed E-state index contributed by atoms with van der Waals surface area (Å²) in [7, 11) is 0. The van der Waals surface area contributed by atoms with Crippen molar-refractivity contribution >= 4 is 40.1 Å². The molecular weight excluding hydrogens is 723 g/mol. The Bertz CT molecular complexity index is 2760. The first kappa shape index (κ1) is 35.4. The molecule has 2 aliphatic rings. The molecule has 0 bridgehead atoms. The minimum atomic E-state index is -0.396. The van der Waals surface area contributed by atoms with Gasteiger partial charge in [0, 0.05) is 5.69 Å². The second-order valence-electron chi connectivity index (χ2n) is 13.4. The summed E-state index contributed by atoms with van der Waals surface area (Å²) in [6.45, 7) is 0. The Labute approximate surface area is 335 Å². The monoisotopic (exact) mass is 755 g/mol. The Hall–Kier alpha value is -8.34. The number of para-hydroxylation sites is 8. The average molecular weight is 756 g/mol. The highest BCUT2D eigenvalue weighted by molar-refractivity contribution is 5.95. The number of fused-ring (bicyclic) bond motifs is 2. The summed E-state index contributed by atoms with van der Waals surface area (Å²) in [4.78, 5) is 14.6. The van der Waals surface area contributed by atoms with E-state index in [1.54, 1.807) is 36.4 Å². The van der Waals surface area contributed by atoms with E-state index in [9.17, 15) is 15.6 Å². The number of nitriles is 2. The first-order valence-corrected chi connectivity index (χ1v) is 18.6. The van der Waals surface area contributed by atoms with Gasteiger partial charge in [0.05, 0.1) is 51.9 Å². The standard InChI is InChI=1S/C48H33N7O3/c49-30-32-16-15-17-33(31-50)44(32)46-52-47(54(34-18-3-1-4-19-34)37-23-8-11-26-40(37)56)45(51-36-22-7-12-27-41(36)57-35-20-5-2-6-21-35)48(53-46)55-38-24-9-13-28-42(38)58-43-29-14-10-25-39(43)55/h1-29,38,42,51,56H. The number of allylic oxidation sites excluding steroid dienone is 2. The fraction of sp³-hybridized carbons (Fsp3) is 0.0417. The predicted molar refractivity (Wildman–Crippen MR) is 225 cm³/mol. The Balaban J connectivity index is 1.41. The van der Waals surface area contributed by atoms with Crippen LogP contribution >= 0.6 is 0 Å². The molecule has 1 aromatic heterocycles. The smallest absolute Gasteiger partial charge is 0.167 e. The van der Waals surface area contributed by atoms with Crippen LogP contribution in [0.3, 0.4) is 0 Å². The number of aromatic nitrogens is 2. The molecule has 0 saturated heterocycles. The van der Waals surface area contributed by atoms with Crippen molar-refractivity contribution in [3.63, 3.8) is 0 Å². The van der Waals surface area contributed by atoms with Crippen molar-refractivity contribution < 1.29 is 14.6 Å². The first-order valence-electron chi connectivity index (χ1n) is 18.6. The zero-order valence-electron chi connectivity index (χ0n) is 30.8. The van der Waals surface area contributed by atoms with Gasteiger partial charge >= 0.3 is 0 Å². The van der Waals surface area contributed by atoms with Crippen LogP contribution in [0.2, 0.25) is 0 Å². The number of benzene rings is 6. The SMILES string of the molecule is N#Cc1cccc(C#N)c1-c1nc(N(c2ccccc2)c2ccccc2O)c(Nc2ccccc2Oc2ccccc2)c(N2c3ccccc3OC3C=CC=CC32)n1. The molecule has 0 fully saturated rings. The number of nitrogens with zero attached hydrogens (tertiary/aromatic N) is 6. The van der Waals surface area contributed by atoms with Crippen LogP contribution < -0.4 is 24.6 Å². The number of anilines is 7. The zero-order chi connectivity index (χ0) is 39.4. The Morgan fingerprint density at radius 2 is 1.38 bits per heavy atom. The molecule has 58 heavy (non-hydrogen) atoms. The molecule has 0 spiro atoms. The zero-order valence-corrected chi connectivity index (χ0v) is 30.8. The van der Waals surface area contributed by atoms with Gasteiger partial charge in [0.15, 0.2) is 23.2 Å². The summed E-state index contributed by atoms with van der Waals surface area (Å²) < 4.78 is 13.0. The molecule has 6 aromatic carbocycles. The highest BCUT2D eigenvalue weighted by atomic mass is 16.5. The maximum absolute atomic E-state index is 11.6. The third-order valence-electron chi connectivity index (χ3n) is 9.84. The van der Waals surface area contributed by atoms with Crippen molar-refractivity contribution in [3.8, 4) is 46.5 Å². The lowest BCUT2D eigenvalue weighted by atomic mass is 9.99. The average Bonchev–Trinajstić information content (AvgIpc) is 3.27. The van der Waals surface area contributed by atoms with Crippen molar-refractivity contribution in [3.05, 3.63) is 187 Å². The van der Waals surface area contributed by atoms with E-state index in [0.29, 0.717) is 51.6 Å². The fourth-order valence-electron chi connectivity index (χ4n) is 7.23. The largest absolute Gasteiger partial charge is 0.506 e. The molecular formula is C48H33N7O3. The van der Waals surface area contributed by atoms with Crippen molar-refractivity contribution in [2.75, 3.05) is 15.1 Å². The van der Waals surface area contributed by atoms with E-state index in [4.69, 9.17) is 19.4 Å². The van der Waals surface area contributed by atoms with Gasteiger partial charge in [-0.3, -0.25) is 4.90 Å². The van der Waals surface area contributed by atoms with Crippen molar-refractivity contribution in [2.45, 2.75) is 12.1 Å². The van der Waals surface area contributed by atoms with Crippen LogP contribution in [0.25, 0.3) is 11.4 Å². The second-order valence-corrected chi connectivity index (χ2v) is 13.4. The minimum absolute atomic E-state index is 0.000835. The van der Waals surface area contributed by atoms with Crippen LogP contribution in [0.5, 0.6) is 23.0 Å². The molecule has 278 valence electrons. The summed E-state index contributed by atoms with van der Waals surface area (Å²) in [5.74, 6) is 2.67.